The molecule has 4 heteroatoms. The van der Waals surface area contributed by atoms with Gasteiger partial charge in [-0.2, -0.15) is 5.10 Å². The van der Waals surface area contributed by atoms with Crippen LogP contribution in [0.5, 0.6) is 0 Å². The summed E-state index contributed by atoms with van der Waals surface area (Å²) in [6.45, 7) is 10.1. The lowest BCUT2D eigenvalue weighted by Gasteiger charge is -2.42. The molecule has 0 spiro atoms. The molecule has 1 aliphatic rings. The third-order valence-electron chi connectivity index (χ3n) is 4.80. The predicted octanol–water partition coefficient (Wildman–Crippen LogP) is 5.42. The van der Waals surface area contributed by atoms with Crippen LogP contribution < -0.4 is 0 Å². The Hall–Kier alpha value is -0.0200. The summed E-state index contributed by atoms with van der Waals surface area (Å²) in [5.41, 5.74) is 1.27. The Bertz CT molecular complexity index is 455. The molecule has 3 atom stereocenters. The Labute approximate surface area is 136 Å². The first kappa shape index (κ1) is 16.4. The summed E-state index contributed by atoms with van der Waals surface area (Å²) < 4.78 is 2.11. The third-order valence-corrected chi connectivity index (χ3v) is 6.09. The van der Waals surface area contributed by atoms with E-state index in [2.05, 4.69) is 53.4 Å². The molecule has 0 aliphatic heterocycles. The average molecular weight is 362 g/mol. The molecule has 0 N–H and O–H groups in total. The first-order valence-electron chi connectivity index (χ1n) is 7.73. The summed E-state index contributed by atoms with van der Waals surface area (Å²) in [6.07, 6.45) is 6.73. The maximum Gasteiger partial charge on any atom is 0.0823 e. The van der Waals surface area contributed by atoms with Gasteiger partial charge in [-0.15, -0.1) is 0 Å². The fraction of sp³-hybridized carbons (Fsp3) is 0.812. The van der Waals surface area contributed by atoms with Crippen molar-refractivity contribution in [3.8, 4) is 0 Å². The molecule has 0 radical (unpaired) electrons. The molecule has 1 heterocycles. The lowest BCUT2D eigenvalue weighted by molar-refractivity contribution is 0.204. The van der Waals surface area contributed by atoms with E-state index in [1.807, 2.05) is 6.20 Å². The summed E-state index contributed by atoms with van der Waals surface area (Å²) >= 11 is 10.4. The zero-order valence-corrected chi connectivity index (χ0v) is 15.3. The van der Waals surface area contributed by atoms with Gasteiger partial charge in [-0.25, -0.2) is 0 Å². The predicted molar refractivity (Wildman–Crippen MR) is 89.8 cm³/mol. The fourth-order valence-electron chi connectivity index (χ4n) is 3.68. The van der Waals surface area contributed by atoms with Crippen molar-refractivity contribution in [1.82, 2.24) is 9.78 Å². The SMILES string of the molecule is CCCn1ncc(Cl)c1C(C)(C)C1CCC(C)CC1Br. The number of hydrogen-bond donors (Lipinski definition) is 0. The van der Waals surface area contributed by atoms with E-state index < -0.39 is 0 Å². The van der Waals surface area contributed by atoms with Gasteiger partial charge in [0.1, 0.15) is 0 Å². The van der Waals surface area contributed by atoms with Crippen LogP contribution in [0.2, 0.25) is 5.02 Å². The second kappa shape index (κ2) is 6.39. The molecule has 1 aromatic rings. The maximum absolute atomic E-state index is 6.46. The topological polar surface area (TPSA) is 17.8 Å². The maximum atomic E-state index is 6.46. The molecule has 0 saturated heterocycles. The molecule has 2 rings (SSSR count). The van der Waals surface area contributed by atoms with E-state index in [-0.39, 0.29) is 5.41 Å². The molecule has 1 saturated carbocycles. The fourth-order valence-corrected chi connectivity index (χ4v) is 5.63. The van der Waals surface area contributed by atoms with Gasteiger partial charge in [0.2, 0.25) is 0 Å². The lowest BCUT2D eigenvalue weighted by Crippen LogP contribution is -2.40. The van der Waals surface area contributed by atoms with Crippen molar-refractivity contribution in [2.24, 2.45) is 11.8 Å². The van der Waals surface area contributed by atoms with E-state index in [0.717, 1.165) is 23.9 Å². The smallest absolute Gasteiger partial charge is 0.0823 e. The minimum absolute atomic E-state index is 0.0526. The highest BCUT2D eigenvalue weighted by Gasteiger charge is 2.41. The highest BCUT2D eigenvalue weighted by Crippen LogP contribution is 2.46. The van der Waals surface area contributed by atoms with Crippen molar-refractivity contribution in [1.29, 1.82) is 0 Å². The molecular weight excluding hydrogens is 336 g/mol. The molecule has 0 bridgehead atoms. The van der Waals surface area contributed by atoms with Gasteiger partial charge in [0.05, 0.1) is 16.9 Å². The zero-order valence-electron chi connectivity index (χ0n) is 13.0. The molecule has 0 aromatic carbocycles. The minimum atomic E-state index is 0.0526. The Morgan fingerprint density at radius 1 is 1.45 bits per heavy atom. The van der Waals surface area contributed by atoms with Crippen LogP contribution >= 0.6 is 27.5 Å². The molecule has 3 unspecified atom stereocenters. The monoisotopic (exact) mass is 360 g/mol. The van der Waals surface area contributed by atoms with Crippen LogP contribution in [0.4, 0.5) is 0 Å². The zero-order chi connectivity index (χ0) is 14.9. The Balaban J connectivity index is 2.32. The number of aryl methyl sites for hydroxylation is 1. The highest BCUT2D eigenvalue weighted by molar-refractivity contribution is 9.09. The van der Waals surface area contributed by atoms with Crippen molar-refractivity contribution in [3.63, 3.8) is 0 Å². The van der Waals surface area contributed by atoms with Crippen molar-refractivity contribution < 1.29 is 0 Å². The van der Waals surface area contributed by atoms with Gasteiger partial charge in [0, 0.05) is 16.8 Å². The van der Waals surface area contributed by atoms with Gasteiger partial charge < -0.3 is 0 Å². The minimum Gasteiger partial charge on any atom is -0.267 e. The summed E-state index contributed by atoms with van der Waals surface area (Å²) in [5.74, 6) is 1.44. The molecule has 1 aliphatic carbocycles. The van der Waals surface area contributed by atoms with E-state index in [0.29, 0.717) is 10.7 Å². The van der Waals surface area contributed by atoms with E-state index in [4.69, 9.17) is 11.6 Å². The summed E-state index contributed by atoms with van der Waals surface area (Å²) in [6, 6.07) is 0. The van der Waals surface area contributed by atoms with Gasteiger partial charge in [-0.05, 0) is 31.1 Å². The van der Waals surface area contributed by atoms with Crippen LogP contribution in [0.1, 0.15) is 59.1 Å². The standard InChI is InChI=1S/C16H26BrClN2/c1-5-8-20-15(14(18)10-19-20)16(3,4)12-7-6-11(2)9-13(12)17/h10-13H,5-9H2,1-4H3. The Kier molecular flexibility index (Phi) is 5.23. The molecule has 20 heavy (non-hydrogen) atoms. The van der Waals surface area contributed by atoms with Crippen molar-refractivity contribution in [2.75, 3.05) is 0 Å². The first-order chi connectivity index (χ1) is 9.37. The third kappa shape index (κ3) is 3.09. The molecular formula is C16H26BrClN2. The van der Waals surface area contributed by atoms with E-state index in [1.165, 1.54) is 25.0 Å². The number of alkyl halides is 1. The van der Waals surface area contributed by atoms with E-state index >= 15 is 0 Å². The number of halogens is 2. The molecule has 2 nitrogen and oxygen atoms in total. The second-order valence-electron chi connectivity index (χ2n) is 6.83. The quantitative estimate of drug-likeness (QED) is 0.654. The van der Waals surface area contributed by atoms with Crippen LogP contribution in [-0.2, 0) is 12.0 Å². The van der Waals surface area contributed by atoms with Crippen LogP contribution in [0, 0.1) is 11.8 Å². The van der Waals surface area contributed by atoms with Gasteiger partial charge in [-0.3, -0.25) is 4.68 Å². The molecule has 1 aromatic heterocycles. The van der Waals surface area contributed by atoms with Crippen LogP contribution in [0.25, 0.3) is 0 Å². The van der Waals surface area contributed by atoms with Gasteiger partial charge in [-0.1, -0.05) is 61.6 Å². The normalized spacial score (nSPS) is 27.8. The summed E-state index contributed by atoms with van der Waals surface area (Å²) in [5, 5.41) is 5.30. The van der Waals surface area contributed by atoms with Gasteiger partial charge >= 0.3 is 0 Å². The number of aromatic nitrogens is 2. The van der Waals surface area contributed by atoms with E-state index in [9.17, 15) is 0 Å². The summed E-state index contributed by atoms with van der Waals surface area (Å²) in [7, 11) is 0. The Morgan fingerprint density at radius 3 is 2.75 bits per heavy atom. The molecule has 1 fully saturated rings. The Morgan fingerprint density at radius 2 is 2.15 bits per heavy atom. The van der Waals surface area contributed by atoms with Gasteiger partial charge in [0.25, 0.3) is 0 Å². The van der Waals surface area contributed by atoms with Crippen molar-refractivity contribution in [3.05, 3.63) is 16.9 Å². The van der Waals surface area contributed by atoms with Crippen LogP contribution in [0.15, 0.2) is 6.20 Å². The molecule has 0 amide bonds. The van der Waals surface area contributed by atoms with Crippen molar-refractivity contribution in [2.45, 2.75) is 70.2 Å². The number of nitrogens with zero attached hydrogens (tertiary/aromatic N) is 2. The second-order valence-corrected chi connectivity index (χ2v) is 8.41. The number of rotatable bonds is 4. The average Bonchev–Trinajstić information content (AvgIpc) is 2.71. The van der Waals surface area contributed by atoms with Gasteiger partial charge in [0.15, 0.2) is 0 Å². The largest absolute Gasteiger partial charge is 0.267 e. The lowest BCUT2D eigenvalue weighted by atomic mass is 9.67. The van der Waals surface area contributed by atoms with Crippen molar-refractivity contribution >= 4 is 27.5 Å². The van der Waals surface area contributed by atoms with Crippen LogP contribution in [0.3, 0.4) is 0 Å². The highest BCUT2D eigenvalue weighted by atomic mass is 79.9. The number of hydrogen-bond acceptors (Lipinski definition) is 1. The molecule has 114 valence electrons. The van der Waals surface area contributed by atoms with E-state index in [1.54, 1.807) is 0 Å². The van der Waals surface area contributed by atoms with Crippen LogP contribution in [-0.4, -0.2) is 14.6 Å². The first-order valence-corrected chi connectivity index (χ1v) is 9.03. The summed E-state index contributed by atoms with van der Waals surface area (Å²) in [4.78, 5) is 0.572.